The van der Waals surface area contributed by atoms with Gasteiger partial charge in [-0.05, 0) is 32.6 Å². The molecular weight excluding hydrogens is 208 g/mol. The van der Waals surface area contributed by atoms with Crippen LogP contribution in [0.2, 0.25) is 0 Å². The predicted molar refractivity (Wildman–Crippen MR) is 58.1 cm³/mol. The van der Waals surface area contributed by atoms with Crippen LogP contribution in [0.5, 0.6) is 0 Å². The molecule has 2 rings (SSSR count). The van der Waals surface area contributed by atoms with E-state index in [1.165, 1.54) is 0 Å². The summed E-state index contributed by atoms with van der Waals surface area (Å²) in [4.78, 5) is 24.3. The highest BCUT2D eigenvalue weighted by molar-refractivity contribution is 5.77. The number of carboxylic acid groups (broad SMARTS) is 1. The van der Waals surface area contributed by atoms with Gasteiger partial charge in [-0.3, -0.25) is 4.79 Å². The van der Waals surface area contributed by atoms with E-state index in [-0.39, 0.29) is 11.6 Å². The summed E-state index contributed by atoms with van der Waals surface area (Å²) in [5, 5.41) is 11.9. The number of likely N-dealkylation sites (tertiary alicyclic amines) is 1. The molecule has 0 aromatic carbocycles. The summed E-state index contributed by atoms with van der Waals surface area (Å²) < 4.78 is 0. The summed E-state index contributed by atoms with van der Waals surface area (Å²) in [5.41, 5.74) is -0.0345. The van der Waals surface area contributed by atoms with Gasteiger partial charge < -0.3 is 15.3 Å². The Kier molecular flexibility index (Phi) is 2.78. The summed E-state index contributed by atoms with van der Waals surface area (Å²) in [6.45, 7) is 3.03. The number of piperidine rings is 1. The predicted octanol–water partition coefficient (Wildman–Crippen LogP) is 1.05. The molecule has 90 valence electrons. The smallest absolute Gasteiger partial charge is 0.317 e. The highest BCUT2D eigenvalue weighted by atomic mass is 16.4. The Labute approximate surface area is 94.8 Å². The minimum absolute atomic E-state index is 0.0345. The van der Waals surface area contributed by atoms with Crippen LogP contribution >= 0.6 is 0 Å². The fourth-order valence-corrected chi connectivity index (χ4v) is 2.01. The van der Waals surface area contributed by atoms with Crippen LogP contribution in [-0.4, -0.2) is 40.6 Å². The van der Waals surface area contributed by atoms with Gasteiger partial charge in [-0.25, -0.2) is 4.79 Å². The topological polar surface area (TPSA) is 69.6 Å². The average Bonchev–Trinajstić information content (AvgIpc) is 2.96. The van der Waals surface area contributed by atoms with E-state index in [1.54, 1.807) is 4.90 Å². The van der Waals surface area contributed by atoms with Crippen LogP contribution in [0.3, 0.4) is 0 Å². The number of carbonyl (C=O) groups excluding carboxylic acids is 1. The summed E-state index contributed by atoms with van der Waals surface area (Å²) in [7, 11) is 0. The second-order valence-corrected chi connectivity index (χ2v) is 5.11. The first kappa shape index (κ1) is 11.2. The van der Waals surface area contributed by atoms with Crippen LogP contribution in [0.25, 0.3) is 0 Å². The van der Waals surface area contributed by atoms with Crippen molar-refractivity contribution in [3.05, 3.63) is 0 Å². The molecule has 0 bridgehead atoms. The number of carboxylic acids is 1. The Morgan fingerprint density at radius 3 is 2.69 bits per heavy atom. The van der Waals surface area contributed by atoms with Crippen molar-refractivity contribution >= 4 is 12.0 Å². The van der Waals surface area contributed by atoms with Crippen molar-refractivity contribution in [3.63, 3.8) is 0 Å². The lowest BCUT2D eigenvalue weighted by atomic mass is 9.99. The first-order valence-electron chi connectivity index (χ1n) is 5.80. The van der Waals surface area contributed by atoms with Gasteiger partial charge in [-0.1, -0.05) is 0 Å². The molecule has 0 radical (unpaired) electrons. The van der Waals surface area contributed by atoms with E-state index >= 15 is 0 Å². The lowest BCUT2D eigenvalue weighted by Gasteiger charge is -2.31. The molecule has 1 saturated carbocycles. The van der Waals surface area contributed by atoms with Gasteiger partial charge in [0.25, 0.3) is 0 Å². The van der Waals surface area contributed by atoms with E-state index in [0.29, 0.717) is 19.5 Å². The zero-order valence-electron chi connectivity index (χ0n) is 9.53. The zero-order valence-corrected chi connectivity index (χ0v) is 9.53. The van der Waals surface area contributed by atoms with Gasteiger partial charge in [0, 0.05) is 18.6 Å². The van der Waals surface area contributed by atoms with Crippen molar-refractivity contribution < 1.29 is 14.7 Å². The van der Waals surface area contributed by atoms with Crippen LogP contribution in [0, 0.1) is 5.92 Å². The summed E-state index contributed by atoms with van der Waals surface area (Å²) in [6.07, 6.45) is 3.50. The number of hydrogen-bond acceptors (Lipinski definition) is 2. The number of carbonyl (C=O) groups is 2. The molecule has 1 heterocycles. The quantitative estimate of drug-likeness (QED) is 0.739. The van der Waals surface area contributed by atoms with Crippen molar-refractivity contribution in [2.45, 2.75) is 38.1 Å². The Bertz CT molecular complexity index is 312. The van der Waals surface area contributed by atoms with E-state index in [1.807, 2.05) is 6.92 Å². The molecule has 2 aliphatic rings. The van der Waals surface area contributed by atoms with Gasteiger partial charge in [-0.2, -0.15) is 0 Å². The van der Waals surface area contributed by atoms with Crippen LogP contribution in [-0.2, 0) is 4.79 Å². The fourth-order valence-electron chi connectivity index (χ4n) is 2.01. The molecule has 2 fully saturated rings. The third kappa shape index (κ3) is 2.46. The molecule has 5 nitrogen and oxygen atoms in total. The van der Waals surface area contributed by atoms with Crippen molar-refractivity contribution in [2.75, 3.05) is 13.1 Å². The first-order chi connectivity index (χ1) is 7.50. The van der Waals surface area contributed by atoms with E-state index in [4.69, 9.17) is 5.11 Å². The van der Waals surface area contributed by atoms with E-state index in [0.717, 1.165) is 19.3 Å². The highest BCUT2D eigenvalue weighted by Gasteiger charge is 2.40. The molecule has 16 heavy (non-hydrogen) atoms. The summed E-state index contributed by atoms with van der Waals surface area (Å²) in [6, 6.07) is -0.106. The second-order valence-electron chi connectivity index (χ2n) is 5.11. The van der Waals surface area contributed by atoms with Crippen molar-refractivity contribution in [2.24, 2.45) is 5.92 Å². The zero-order chi connectivity index (χ0) is 11.8. The minimum Gasteiger partial charge on any atom is -0.481 e. The van der Waals surface area contributed by atoms with Gasteiger partial charge in [-0.15, -0.1) is 0 Å². The Morgan fingerprint density at radius 1 is 1.44 bits per heavy atom. The lowest BCUT2D eigenvalue weighted by molar-refractivity contribution is -0.143. The molecule has 1 aliphatic heterocycles. The Balaban J connectivity index is 1.88. The molecule has 0 spiro atoms. The van der Waals surface area contributed by atoms with E-state index in [2.05, 4.69) is 5.32 Å². The maximum Gasteiger partial charge on any atom is 0.317 e. The molecule has 0 unspecified atom stereocenters. The fraction of sp³-hybridized carbons (Fsp3) is 0.818. The maximum absolute atomic E-state index is 11.8. The van der Waals surface area contributed by atoms with Crippen molar-refractivity contribution in [1.82, 2.24) is 10.2 Å². The number of amides is 2. The molecule has 2 N–H and O–H groups in total. The largest absolute Gasteiger partial charge is 0.481 e. The van der Waals surface area contributed by atoms with E-state index in [9.17, 15) is 9.59 Å². The number of hydrogen-bond donors (Lipinski definition) is 2. The molecule has 1 atom stereocenters. The minimum atomic E-state index is -0.796. The Hall–Kier alpha value is -1.26. The molecular formula is C11H18N2O3. The normalized spacial score (nSPS) is 27.3. The van der Waals surface area contributed by atoms with Crippen LogP contribution in [0.1, 0.15) is 32.6 Å². The molecule has 5 heteroatoms. The number of nitrogens with zero attached hydrogens (tertiary/aromatic N) is 1. The summed E-state index contributed by atoms with van der Waals surface area (Å²) >= 11 is 0. The standard InChI is InChI=1S/C11H18N2O3/c1-11(4-5-11)12-10(16)13-6-2-3-8(7-13)9(14)15/h8H,2-7H2,1H3,(H,12,16)(H,14,15)/t8-/m1/s1. The van der Waals surface area contributed by atoms with Crippen molar-refractivity contribution in [3.8, 4) is 0 Å². The van der Waals surface area contributed by atoms with Gasteiger partial charge in [0.2, 0.25) is 0 Å². The van der Waals surface area contributed by atoms with Crippen LogP contribution in [0.4, 0.5) is 4.79 Å². The van der Waals surface area contributed by atoms with Gasteiger partial charge in [0.1, 0.15) is 0 Å². The number of urea groups is 1. The number of rotatable bonds is 2. The van der Waals surface area contributed by atoms with Crippen molar-refractivity contribution in [1.29, 1.82) is 0 Å². The second kappa shape index (κ2) is 3.96. The molecule has 0 aromatic rings. The number of nitrogens with one attached hydrogen (secondary N) is 1. The molecule has 2 amide bonds. The third-order valence-corrected chi connectivity index (χ3v) is 3.47. The van der Waals surface area contributed by atoms with Crippen LogP contribution in [0.15, 0.2) is 0 Å². The van der Waals surface area contributed by atoms with Crippen LogP contribution < -0.4 is 5.32 Å². The molecule has 0 aromatic heterocycles. The average molecular weight is 226 g/mol. The monoisotopic (exact) mass is 226 g/mol. The SMILES string of the molecule is CC1(NC(=O)N2CCC[C@@H](C(=O)O)C2)CC1. The molecule has 1 aliphatic carbocycles. The third-order valence-electron chi connectivity index (χ3n) is 3.47. The van der Waals surface area contributed by atoms with Gasteiger partial charge in [0.05, 0.1) is 5.92 Å². The summed E-state index contributed by atoms with van der Waals surface area (Å²) in [5.74, 6) is -1.19. The highest BCUT2D eigenvalue weighted by Crippen LogP contribution is 2.34. The van der Waals surface area contributed by atoms with Gasteiger partial charge in [0.15, 0.2) is 0 Å². The number of aliphatic carboxylic acids is 1. The van der Waals surface area contributed by atoms with Gasteiger partial charge >= 0.3 is 12.0 Å². The molecule has 1 saturated heterocycles. The lowest BCUT2D eigenvalue weighted by Crippen LogP contribution is -2.49. The Morgan fingerprint density at radius 2 is 2.12 bits per heavy atom. The van der Waals surface area contributed by atoms with E-state index < -0.39 is 11.9 Å². The maximum atomic E-state index is 11.8. The first-order valence-corrected chi connectivity index (χ1v) is 5.80.